The largest absolute Gasteiger partial charge is 0.481 e. The highest BCUT2D eigenvalue weighted by Gasteiger charge is 2.25. The average Bonchev–Trinajstić information content (AvgIpc) is 2.47. The summed E-state index contributed by atoms with van der Waals surface area (Å²) in [5.74, 6) is -1.86. The van der Waals surface area contributed by atoms with Gasteiger partial charge in [0, 0.05) is 4.47 Å². The summed E-state index contributed by atoms with van der Waals surface area (Å²) in [6, 6.07) is 7.52. The Balaban J connectivity index is 2.35. The first-order valence-electron chi connectivity index (χ1n) is 6.05. The van der Waals surface area contributed by atoms with E-state index < -0.39 is 11.9 Å². The van der Waals surface area contributed by atoms with Crippen LogP contribution in [0, 0.1) is 0 Å². The molecule has 1 N–H and O–H groups in total. The molecule has 1 heterocycles. The molecule has 1 unspecified atom stereocenters. The Morgan fingerprint density at radius 2 is 2.10 bits per heavy atom. The molecule has 2 rings (SSSR count). The number of ether oxygens (including phenoxy) is 1. The molecule has 0 bridgehead atoms. The van der Waals surface area contributed by atoms with Gasteiger partial charge in [0.05, 0.1) is 24.0 Å². The van der Waals surface area contributed by atoms with Gasteiger partial charge < -0.3 is 9.84 Å². The predicted octanol–water partition coefficient (Wildman–Crippen LogP) is 3.31. The fourth-order valence-corrected chi connectivity index (χ4v) is 2.35. The van der Waals surface area contributed by atoms with Crippen LogP contribution < -0.4 is 4.74 Å². The van der Waals surface area contributed by atoms with E-state index in [9.17, 15) is 9.90 Å². The maximum atomic E-state index is 11.6. The van der Waals surface area contributed by atoms with E-state index in [0.717, 1.165) is 10.0 Å². The zero-order chi connectivity index (χ0) is 15.4. The Kier molecular flexibility index (Phi) is 5.14. The number of aliphatic carboxylic acids is 1. The van der Waals surface area contributed by atoms with Gasteiger partial charge in [-0.05, 0) is 24.1 Å². The van der Waals surface area contributed by atoms with Crippen LogP contribution in [0.4, 0.5) is 0 Å². The lowest BCUT2D eigenvalue weighted by molar-refractivity contribution is -0.138. The van der Waals surface area contributed by atoms with Crippen LogP contribution in [-0.2, 0) is 11.2 Å². The lowest BCUT2D eigenvalue weighted by Gasteiger charge is -2.14. The normalized spacial score (nSPS) is 12.0. The Morgan fingerprint density at radius 1 is 1.43 bits per heavy atom. The van der Waals surface area contributed by atoms with E-state index in [1.165, 1.54) is 13.3 Å². The summed E-state index contributed by atoms with van der Waals surface area (Å²) < 4.78 is 5.86. The van der Waals surface area contributed by atoms with Gasteiger partial charge in [-0.15, -0.1) is 0 Å². The molecule has 0 amide bonds. The second-order valence-electron chi connectivity index (χ2n) is 4.31. The number of halogens is 2. The molecule has 21 heavy (non-hydrogen) atoms. The first kappa shape index (κ1) is 15.7. The molecule has 1 aromatic carbocycles. The number of nitrogens with zero attached hydrogens (tertiary/aromatic N) is 2. The van der Waals surface area contributed by atoms with E-state index in [-0.39, 0.29) is 23.1 Å². The summed E-state index contributed by atoms with van der Waals surface area (Å²) in [5, 5.41) is 9.67. The smallest absolute Gasteiger partial charge is 0.316 e. The quantitative estimate of drug-likeness (QED) is 0.873. The number of carboxylic acids is 1. The Morgan fingerprint density at radius 3 is 2.67 bits per heavy atom. The fourth-order valence-electron chi connectivity index (χ4n) is 1.86. The average molecular weight is 372 g/mol. The standard InChI is InChI=1S/C14H12BrClN2O3/c1-21-14-17-7-11(16)12(18-14)10(13(19)20)6-8-2-4-9(15)5-3-8/h2-5,7,10H,6H2,1H3,(H,19,20). The highest BCUT2D eigenvalue weighted by Crippen LogP contribution is 2.27. The number of carboxylic acid groups (broad SMARTS) is 1. The predicted molar refractivity (Wildman–Crippen MR) is 81.8 cm³/mol. The van der Waals surface area contributed by atoms with Crippen molar-refractivity contribution in [1.29, 1.82) is 0 Å². The first-order chi connectivity index (χ1) is 10.0. The lowest BCUT2D eigenvalue weighted by atomic mass is 9.96. The molecule has 1 aromatic heterocycles. The van der Waals surface area contributed by atoms with Crippen LogP contribution in [0.5, 0.6) is 6.01 Å². The van der Waals surface area contributed by atoms with Crippen molar-refractivity contribution in [3.05, 3.63) is 51.2 Å². The van der Waals surface area contributed by atoms with E-state index in [2.05, 4.69) is 25.9 Å². The maximum Gasteiger partial charge on any atom is 0.316 e. The number of rotatable bonds is 5. The van der Waals surface area contributed by atoms with Gasteiger partial charge in [-0.2, -0.15) is 4.98 Å². The Bertz CT molecular complexity index is 649. The van der Waals surface area contributed by atoms with Gasteiger partial charge in [-0.3, -0.25) is 4.79 Å². The number of methoxy groups -OCH3 is 1. The lowest BCUT2D eigenvalue weighted by Crippen LogP contribution is -2.17. The van der Waals surface area contributed by atoms with E-state index in [4.69, 9.17) is 16.3 Å². The summed E-state index contributed by atoms with van der Waals surface area (Å²) in [6.07, 6.45) is 1.63. The minimum atomic E-state index is -0.999. The molecule has 0 saturated carbocycles. The second kappa shape index (κ2) is 6.87. The highest BCUT2D eigenvalue weighted by atomic mass is 79.9. The monoisotopic (exact) mass is 370 g/mol. The van der Waals surface area contributed by atoms with Crippen molar-refractivity contribution < 1.29 is 14.6 Å². The molecular weight excluding hydrogens is 360 g/mol. The van der Waals surface area contributed by atoms with Crippen LogP contribution in [-0.4, -0.2) is 28.2 Å². The summed E-state index contributed by atoms with van der Waals surface area (Å²) in [4.78, 5) is 19.5. The van der Waals surface area contributed by atoms with Crippen molar-refractivity contribution in [2.45, 2.75) is 12.3 Å². The zero-order valence-corrected chi connectivity index (χ0v) is 13.4. The van der Waals surface area contributed by atoms with Gasteiger partial charge in [-0.25, -0.2) is 4.98 Å². The summed E-state index contributed by atoms with van der Waals surface area (Å²) >= 11 is 9.37. The molecule has 5 nitrogen and oxygen atoms in total. The van der Waals surface area contributed by atoms with Crippen molar-refractivity contribution in [1.82, 2.24) is 9.97 Å². The molecule has 2 aromatic rings. The van der Waals surface area contributed by atoms with Crippen LogP contribution in [0.3, 0.4) is 0 Å². The molecule has 110 valence electrons. The number of hydrogen-bond donors (Lipinski definition) is 1. The fraction of sp³-hybridized carbons (Fsp3) is 0.214. The molecular formula is C14H12BrClN2O3. The maximum absolute atomic E-state index is 11.6. The van der Waals surface area contributed by atoms with Crippen molar-refractivity contribution >= 4 is 33.5 Å². The van der Waals surface area contributed by atoms with Gasteiger partial charge in [0.1, 0.15) is 5.92 Å². The van der Waals surface area contributed by atoms with Gasteiger partial charge in [0.2, 0.25) is 0 Å². The Labute approximate surface area is 135 Å². The summed E-state index contributed by atoms with van der Waals surface area (Å²) in [6.45, 7) is 0. The molecule has 0 aliphatic carbocycles. The molecule has 0 aliphatic rings. The van der Waals surface area contributed by atoms with E-state index in [1.54, 1.807) is 0 Å². The second-order valence-corrected chi connectivity index (χ2v) is 5.63. The van der Waals surface area contributed by atoms with Crippen molar-refractivity contribution in [2.24, 2.45) is 0 Å². The first-order valence-corrected chi connectivity index (χ1v) is 7.22. The van der Waals surface area contributed by atoms with Crippen molar-refractivity contribution in [3.63, 3.8) is 0 Å². The van der Waals surface area contributed by atoms with Crippen LogP contribution in [0.15, 0.2) is 34.9 Å². The number of carbonyl (C=O) groups is 1. The molecule has 1 atom stereocenters. The number of benzene rings is 1. The summed E-state index contributed by atoms with van der Waals surface area (Å²) in [7, 11) is 1.41. The molecule has 0 saturated heterocycles. The van der Waals surface area contributed by atoms with E-state index in [0.29, 0.717) is 0 Å². The van der Waals surface area contributed by atoms with Crippen molar-refractivity contribution in [2.75, 3.05) is 7.11 Å². The summed E-state index contributed by atoms with van der Waals surface area (Å²) in [5.41, 5.74) is 1.12. The third-order valence-electron chi connectivity index (χ3n) is 2.91. The van der Waals surface area contributed by atoms with Gasteiger partial charge in [0.25, 0.3) is 0 Å². The Hall–Kier alpha value is -1.66. The highest BCUT2D eigenvalue weighted by molar-refractivity contribution is 9.10. The minimum absolute atomic E-state index is 0.0939. The van der Waals surface area contributed by atoms with E-state index >= 15 is 0 Å². The van der Waals surface area contributed by atoms with Gasteiger partial charge >= 0.3 is 12.0 Å². The molecule has 0 fully saturated rings. The minimum Gasteiger partial charge on any atom is -0.481 e. The molecule has 0 radical (unpaired) electrons. The molecule has 0 spiro atoms. The third-order valence-corrected chi connectivity index (χ3v) is 3.73. The zero-order valence-electron chi connectivity index (χ0n) is 11.1. The molecule has 0 aliphatic heterocycles. The SMILES string of the molecule is COc1ncc(Cl)c(C(Cc2ccc(Br)cc2)C(=O)O)n1. The number of hydrogen-bond acceptors (Lipinski definition) is 4. The van der Waals surface area contributed by atoms with Crippen LogP contribution in [0.25, 0.3) is 0 Å². The van der Waals surface area contributed by atoms with Gasteiger partial charge in [0.15, 0.2) is 0 Å². The van der Waals surface area contributed by atoms with Crippen LogP contribution >= 0.6 is 27.5 Å². The topological polar surface area (TPSA) is 72.3 Å². The van der Waals surface area contributed by atoms with Crippen LogP contribution in [0.1, 0.15) is 17.2 Å². The van der Waals surface area contributed by atoms with Gasteiger partial charge in [-0.1, -0.05) is 39.7 Å². The third kappa shape index (κ3) is 3.92. The van der Waals surface area contributed by atoms with Crippen molar-refractivity contribution in [3.8, 4) is 6.01 Å². The van der Waals surface area contributed by atoms with Crippen LogP contribution in [0.2, 0.25) is 5.02 Å². The number of aromatic nitrogens is 2. The van der Waals surface area contributed by atoms with E-state index in [1.807, 2.05) is 24.3 Å². The molecule has 7 heteroatoms.